The summed E-state index contributed by atoms with van der Waals surface area (Å²) in [5.41, 5.74) is 0.997. The van der Waals surface area contributed by atoms with Gasteiger partial charge in [-0.1, -0.05) is 23.8 Å². The van der Waals surface area contributed by atoms with Crippen molar-refractivity contribution in [1.82, 2.24) is 10.0 Å². The Labute approximate surface area is 128 Å². The van der Waals surface area contributed by atoms with Crippen LogP contribution in [0.25, 0.3) is 0 Å². The van der Waals surface area contributed by atoms with Gasteiger partial charge in [-0.2, -0.15) is 0 Å². The summed E-state index contributed by atoms with van der Waals surface area (Å²) in [6, 6.07) is 10.1. The molecule has 1 aromatic carbocycles. The predicted octanol–water partition coefficient (Wildman–Crippen LogP) is 1.76. The van der Waals surface area contributed by atoms with Crippen molar-refractivity contribution in [1.29, 1.82) is 0 Å². The van der Waals surface area contributed by atoms with Gasteiger partial charge in [0.2, 0.25) is 10.0 Å². The molecule has 0 saturated carbocycles. The zero-order chi connectivity index (χ0) is 15.3. The van der Waals surface area contributed by atoms with E-state index in [1.165, 1.54) is 11.3 Å². The second kappa shape index (κ2) is 6.84. The molecule has 2 N–H and O–H groups in total. The van der Waals surface area contributed by atoms with E-state index in [9.17, 15) is 13.2 Å². The molecule has 0 fully saturated rings. The number of amides is 1. The second-order valence-electron chi connectivity index (χ2n) is 4.44. The molecule has 2 rings (SSSR count). The zero-order valence-electron chi connectivity index (χ0n) is 11.5. The number of carbonyl (C=O) groups excluding carboxylic acids is 1. The Bertz CT molecular complexity index is 692. The number of rotatable bonds is 6. The lowest BCUT2D eigenvalue weighted by Gasteiger charge is -2.07. The van der Waals surface area contributed by atoms with Crippen LogP contribution in [-0.2, 0) is 10.0 Å². The Hall–Kier alpha value is -1.70. The van der Waals surface area contributed by atoms with Crippen molar-refractivity contribution in [2.24, 2.45) is 0 Å². The number of aryl methyl sites for hydroxylation is 1. The average Bonchev–Trinajstić information content (AvgIpc) is 2.98. The molecule has 2 aromatic rings. The van der Waals surface area contributed by atoms with Crippen molar-refractivity contribution in [3.05, 3.63) is 52.2 Å². The third-order valence-corrected chi connectivity index (χ3v) is 5.12. The van der Waals surface area contributed by atoms with E-state index in [-0.39, 0.29) is 23.9 Å². The largest absolute Gasteiger partial charge is 0.350 e. The van der Waals surface area contributed by atoms with Crippen molar-refractivity contribution < 1.29 is 13.2 Å². The molecule has 7 heteroatoms. The first kappa shape index (κ1) is 15.7. The first-order valence-electron chi connectivity index (χ1n) is 6.37. The van der Waals surface area contributed by atoms with E-state index >= 15 is 0 Å². The maximum absolute atomic E-state index is 12.0. The molecule has 1 amide bonds. The van der Waals surface area contributed by atoms with Crippen LogP contribution in [0, 0.1) is 6.92 Å². The second-order valence-corrected chi connectivity index (χ2v) is 7.16. The molecule has 0 aliphatic carbocycles. The van der Waals surface area contributed by atoms with Crippen LogP contribution in [0.15, 0.2) is 46.7 Å². The average molecular weight is 324 g/mol. The highest BCUT2D eigenvalue weighted by Gasteiger charge is 2.13. The van der Waals surface area contributed by atoms with Crippen molar-refractivity contribution in [3.63, 3.8) is 0 Å². The highest BCUT2D eigenvalue weighted by molar-refractivity contribution is 7.89. The molecule has 0 bridgehead atoms. The monoisotopic (exact) mass is 324 g/mol. The summed E-state index contributed by atoms with van der Waals surface area (Å²) in [5, 5.41) is 4.48. The zero-order valence-corrected chi connectivity index (χ0v) is 13.1. The van der Waals surface area contributed by atoms with Crippen LogP contribution in [0.2, 0.25) is 0 Å². The summed E-state index contributed by atoms with van der Waals surface area (Å²) < 4.78 is 26.4. The highest BCUT2D eigenvalue weighted by Crippen LogP contribution is 2.09. The predicted molar refractivity (Wildman–Crippen MR) is 83.0 cm³/mol. The van der Waals surface area contributed by atoms with Gasteiger partial charge < -0.3 is 5.32 Å². The molecular formula is C14H16N2O3S2. The number of carbonyl (C=O) groups is 1. The van der Waals surface area contributed by atoms with E-state index < -0.39 is 10.0 Å². The fourth-order valence-electron chi connectivity index (χ4n) is 1.66. The summed E-state index contributed by atoms with van der Waals surface area (Å²) in [7, 11) is -3.53. The Morgan fingerprint density at radius 3 is 2.48 bits per heavy atom. The molecule has 0 radical (unpaired) electrons. The number of hydrogen-bond acceptors (Lipinski definition) is 4. The van der Waals surface area contributed by atoms with E-state index in [0.717, 1.165) is 5.56 Å². The maximum atomic E-state index is 12.0. The molecule has 0 aliphatic rings. The van der Waals surface area contributed by atoms with Gasteiger partial charge in [0, 0.05) is 13.1 Å². The van der Waals surface area contributed by atoms with E-state index in [4.69, 9.17) is 0 Å². The first-order valence-corrected chi connectivity index (χ1v) is 8.73. The van der Waals surface area contributed by atoms with Crippen molar-refractivity contribution in [3.8, 4) is 0 Å². The molecule has 21 heavy (non-hydrogen) atoms. The van der Waals surface area contributed by atoms with E-state index in [1.807, 2.05) is 12.3 Å². The van der Waals surface area contributed by atoms with Crippen LogP contribution in [0.5, 0.6) is 0 Å². The van der Waals surface area contributed by atoms with Gasteiger partial charge in [0.25, 0.3) is 5.91 Å². The van der Waals surface area contributed by atoms with E-state index in [2.05, 4.69) is 10.0 Å². The molecular weight excluding hydrogens is 308 g/mol. The summed E-state index contributed by atoms with van der Waals surface area (Å²) in [4.78, 5) is 12.5. The van der Waals surface area contributed by atoms with Crippen LogP contribution >= 0.6 is 11.3 Å². The number of sulfonamides is 1. The lowest BCUT2D eigenvalue weighted by atomic mass is 10.2. The smallest absolute Gasteiger partial charge is 0.261 e. The number of thiophene rings is 1. The molecule has 0 unspecified atom stereocenters. The van der Waals surface area contributed by atoms with E-state index in [1.54, 1.807) is 36.4 Å². The van der Waals surface area contributed by atoms with Crippen LogP contribution < -0.4 is 10.0 Å². The van der Waals surface area contributed by atoms with Gasteiger partial charge >= 0.3 is 0 Å². The molecule has 0 atom stereocenters. The van der Waals surface area contributed by atoms with Gasteiger partial charge in [-0.15, -0.1) is 11.3 Å². The third kappa shape index (κ3) is 4.38. The van der Waals surface area contributed by atoms with Crippen LogP contribution in [0.4, 0.5) is 0 Å². The van der Waals surface area contributed by atoms with Gasteiger partial charge in [-0.3, -0.25) is 4.79 Å². The topological polar surface area (TPSA) is 75.3 Å². The minimum absolute atomic E-state index is 0.146. The standard InChI is InChI=1S/C14H16N2O3S2/c1-11-4-6-12(7-5-11)21(18,19)16-9-8-15-14(17)13-3-2-10-20-13/h2-7,10,16H,8-9H2,1H3,(H,15,17). The Balaban J connectivity index is 1.82. The number of benzene rings is 1. The summed E-state index contributed by atoms with van der Waals surface area (Å²) in [5.74, 6) is -0.195. The summed E-state index contributed by atoms with van der Waals surface area (Å²) >= 11 is 1.34. The van der Waals surface area contributed by atoms with Crippen LogP contribution in [-0.4, -0.2) is 27.4 Å². The van der Waals surface area contributed by atoms with Crippen molar-refractivity contribution >= 4 is 27.3 Å². The van der Waals surface area contributed by atoms with Crippen molar-refractivity contribution in [2.75, 3.05) is 13.1 Å². The fourth-order valence-corrected chi connectivity index (χ4v) is 3.33. The number of nitrogens with one attached hydrogen (secondary N) is 2. The lowest BCUT2D eigenvalue weighted by Crippen LogP contribution is -2.34. The fraction of sp³-hybridized carbons (Fsp3) is 0.214. The molecule has 1 heterocycles. The van der Waals surface area contributed by atoms with Crippen molar-refractivity contribution in [2.45, 2.75) is 11.8 Å². The molecule has 5 nitrogen and oxygen atoms in total. The first-order chi connectivity index (χ1) is 9.99. The normalized spacial score (nSPS) is 11.3. The van der Waals surface area contributed by atoms with Gasteiger partial charge in [-0.25, -0.2) is 13.1 Å². The van der Waals surface area contributed by atoms with Gasteiger partial charge in [0.1, 0.15) is 0 Å². The van der Waals surface area contributed by atoms with Gasteiger partial charge in [0.15, 0.2) is 0 Å². The van der Waals surface area contributed by atoms with Gasteiger partial charge in [-0.05, 0) is 30.5 Å². The lowest BCUT2D eigenvalue weighted by molar-refractivity contribution is 0.0958. The Morgan fingerprint density at radius 1 is 1.14 bits per heavy atom. The molecule has 0 aliphatic heterocycles. The third-order valence-electron chi connectivity index (χ3n) is 2.78. The molecule has 0 saturated heterocycles. The minimum atomic E-state index is -3.53. The molecule has 112 valence electrons. The highest BCUT2D eigenvalue weighted by atomic mass is 32.2. The minimum Gasteiger partial charge on any atom is -0.350 e. The number of hydrogen-bond donors (Lipinski definition) is 2. The Kier molecular flexibility index (Phi) is 5.11. The van der Waals surface area contributed by atoms with Gasteiger partial charge in [0.05, 0.1) is 9.77 Å². The molecule has 1 aromatic heterocycles. The summed E-state index contributed by atoms with van der Waals surface area (Å²) in [6.07, 6.45) is 0. The summed E-state index contributed by atoms with van der Waals surface area (Å²) in [6.45, 7) is 2.28. The molecule has 0 spiro atoms. The SMILES string of the molecule is Cc1ccc(S(=O)(=O)NCCNC(=O)c2cccs2)cc1. The van der Waals surface area contributed by atoms with E-state index in [0.29, 0.717) is 4.88 Å². The Morgan fingerprint density at radius 2 is 1.86 bits per heavy atom. The van der Waals surface area contributed by atoms with Crippen LogP contribution in [0.1, 0.15) is 15.2 Å². The quantitative estimate of drug-likeness (QED) is 0.795. The van der Waals surface area contributed by atoms with Crippen LogP contribution in [0.3, 0.4) is 0 Å². The maximum Gasteiger partial charge on any atom is 0.261 e.